The van der Waals surface area contributed by atoms with Crippen LogP contribution in [0.2, 0.25) is 0 Å². The molecule has 1 N–H and O–H groups in total. The van der Waals surface area contributed by atoms with Gasteiger partial charge in [0.25, 0.3) is 0 Å². The lowest BCUT2D eigenvalue weighted by molar-refractivity contribution is -0.130. The highest BCUT2D eigenvalue weighted by atomic mass is 127. The molecule has 0 atom stereocenters. The molecule has 0 spiro atoms. The second kappa shape index (κ2) is 12.4. The number of ether oxygens (including phenoxy) is 1. The predicted molar refractivity (Wildman–Crippen MR) is 131 cm³/mol. The Labute approximate surface area is 196 Å². The van der Waals surface area contributed by atoms with Crippen molar-refractivity contribution in [3.05, 3.63) is 65.7 Å². The molecule has 1 aliphatic heterocycles. The van der Waals surface area contributed by atoms with Gasteiger partial charge in [-0.3, -0.25) is 4.79 Å². The maximum Gasteiger partial charge on any atom is 0.219 e. The van der Waals surface area contributed by atoms with E-state index in [1.165, 1.54) is 0 Å². The van der Waals surface area contributed by atoms with E-state index in [4.69, 9.17) is 9.73 Å². The molecule has 1 saturated heterocycles. The number of benzene rings is 2. The first-order valence-electron chi connectivity index (χ1n) is 10.2. The molecule has 1 fully saturated rings. The van der Waals surface area contributed by atoms with Crippen molar-refractivity contribution in [1.82, 2.24) is 15.1 Å². The van der Waals surface area contributed by atoms with E-state index in [2.05, 4.69) is 35.3 Å². The van der Waals surface area contributed by atoms with Crippen molar-refractivity contribution in [3.63, 3.8) is 0 Å². The quantitative estimate of drug-likeness (QED) is 0.359. The second-order valence-electron chi connectivity index (χ2n) is 7.08. The molecular formula is C23H31IN4O2. The van der Waals surface area contributed by atoms with Crippen LogP contribution in [0.15, 0.2) is 59.6 Å². The average molecular weight is 522 g/mol. The molecule has 0 aromatic heterocycles. The van der Waals surface area contributed by atoms with Gasteiger partial charge in [-0.1, -0.05) is 42.5 Å². The molecule has 1 aliphatic rings. The van der Waals surface area contributed by atoms with Crippen LogP contribution in [0.3, 0.4) is 0 Å². The van der Waals surface area contributed by atoms with Crippen LogP contribution < -0.4 is 10.1 Å². The van der Waals surface area contributed by atoms with Crippen molar-refractivity contribution < 1.29 is 9.53 Å². The number of nitrogens with zero attached hydrogens (tertiary/aromatic N) is 3. The van der Waals surface area contributed by atoms with E-state index in [1.54, 1.807) is 6.92 Å². The number of halogens is 1. The SMILES string of the molecule is CCNC(=NCc1cccc(OCc2ccccc2)c1)N1CCN(C(C)=O)CC1.I. The van der Waals surface area contributed by atoms with Crippen molar-refractivity contribution in [2.75, 3.05) is 32.7 Å². The summed E-state index contributed by atoms with van der Waals surface area (Å²) < 4.78 is 5.93. The van der Waals surface area contributed by atoms with Crippen molar-refractivity contribution in [3.8, 4) is 5.75 Å². The first kappa shape index (κ1) is 24.0. The minimum Gasteiger partial charge on any atom is -0.489 e. The van der Waals surface area contributed by atoms with Crippen molar-refractivity contribution in [1.29, 1.82) is 0 Å². The molecule has 2 aromatic carbocycles. The largest absolute Gasteiger partial charge is 0.489 e. The summed E-state index contributed by atoms with van der Waals surface area (Å²) in [5, 5.41) is 3.37. The molecule has 1 heterocycles. The van der Waals surface area contributed by atoms with E-state index in [-0.39, 0.29) is 29.9 Å². The van der Waals surface area contributed by atoms with Crippen molar-refractivity contribution >= 4 is 35.8 Å². The van der Waals surface area contributed by atoms with Crippen LogP contribution >= 0.6 is 24.0 Å². The first-order valence-corrected chi connectivity index (χ1v) is 10.2. The van der Waals surface area contributed by atoms with E-state index >= 15 is 0 Å². The summed E-state index contributed by atoms with van der Waals surface area (Å²) in [6, 6.07) is 18.2. The number of carbonyl (C=O) groups excluding carboxylic acids is 1. The number of piperazine rings is 1. The van der Waals surface area contributed by atoms with Gasteiger partial charge in [0.15, 0.2) is 5.96 Å². The molecule has 2 aromatic rings. The molecule has 6 nitrogen and oxygen atoms in total. The van der Waals surface area contributed by atoms with Crippen molar-refractivity contribution in [2.45, 2.75) is 27.0 Å². The minimum absolute atomic E-state index is 0. The Balaban J connectivity index is 0.00000320. The summed E-state index contributed by atoms with van der Waals surface area (Å²) in [6.45, 7) is 8.71. The number of nitrogens with one attached hydrogen (secondary N) is 1. The van der Waals surface area contributed by atoms with Gasteiger partial charge in [-0.2, -0.15) is 0 Å². The fourth-order valence-corrected chi connectivity index (χ4v) is 3.30. The Bertz CT molecular complexity index is 821. The van der Waals surface area contributed by atoms with Crippen molar-refractivity contribution in [2.24, 2.45) is 4.99 Å². The van der Waals surface area contributed by atoms with Gasteiger partial charge >= 0.3 is 0 Å². The Hall–Kier alpha value is -2.29. The summed E-state index contributed by atoms with van der Waals surface area (Å²) in [4.78, 5) is 20.4. The summed E-state index contributed by atoms with van der Waals surface area (Å²) in [5.41, 5.74) is 2.25. The predicted octanol–water partition coefficient (Wildman–Crippen LogP) is 3.51. The number of amides is 1. The Morgan fingerprint density at radius 3 is 2.33 bits per heavy atom. The summed E-state index contributed by atoms with van der Waals surface area (Å²) in [5.74, 6) is 1.88. The summed E-state index contributed by atoms with van der Waals surface area (Å²) >= 11 is 0. The lowest BCUT2D eigenvalue weighted by Gasteiger charge is -2.36. The third-order valence-corrected chi connectivity index (χ3v) is 4.92. The van der Waals surface area contributed by atoms with Gasteiger partial charge in [-0.05, 0) is 30.2 Å². The van der Waals surface area contributed by atoms with Gasteiger partial charge < -0.3 is 19.9 Å². The number of rotatable bonds is 6. The highest BCUT2D eigenvalue weighted by molar-refractivity contribution is 14.0. The normalized spacial score (nSPS) is 14.1. The molecule has 162 valence electrons. The zero-order valence-electron chi connectivity index (χ0n) is 17.7. The zero-order valence-corrected chi connectivity index (χ0v) is 20.0. The maximum absolute atomic E-state index is 11.5. The lowest BCUT2D eigenvalue weighted by Crippen LogP contribution is -2.53. The fraction of sp³-hybridized carbons (Fsp3) is 0.391. The molecule has 1 amide bonds. The molecule has 0 saturated carbocycles. The van der Waals surface area contributed by atoms with E-state index in [9.17, 15) is 4.79 Å². The fourth-order valence-electron chi connectivity index (χ4n) is 3.30. The zero-order chi connectivity index (χ0) is 20.5. The van der Waals surface area contributed by atoms with Gasteiger partial charge in [0, 0.05) is 39.6 Å². The molecule has 0 unspecified atom stereocenters. The highest BCUT2D eigenvalue weighted by Crippen LogP contribution is 2.16. The number of guanidine groups is 1. The second-order valence-corrected chi connectivity index (χ2v) is 7.08. The molecule has 0 radical (unpaired) electrons. The third kappa shape index (κ3) is 7.19. The van der Waals surface area contributed by atoms with Gasteiger partial charge in [0.05, 0.1) is 6.54 Å². The minimum atomic E-state index is 0. The van der Waals surface area contributed by atoms with E-state index < -0.39 is 0 Å². The van der Waals surface area contributed by atoms with Crippen LogP contribution in [-0.4, -0.2) is 54.4 Å². The molecule has 7 heteroatoms. The Morgan fingerprint density at radius 1 is 1.00 bits per heavy atom. The van der Waals surface area contributed by atoms with Crippen LogP contribution in [0.25, 0.3) is 0 Å². The van der Waals surface area contributed by atoms with Crippen LogP contribution in [0.5, 0.6) is 5.75 Å². The van der Waals surface area contributed by atoms with E-state index in [1.807, 2.05) is 41.3 Å². The monoisotopic (exact) mass is 522 g/mol. The topological polar surface area (TPSA) is 57.2 Å². The summed E-state index contributed by atoms with van der Waals surface area (Å²) in [7, 11) is 0. The molecule has 30 heavy (non-hydrogen) atoms. The molecular weight excluding hydrogens is 491 g/mol. The Morgan fingerprint density at radius 2 is 1.67 bits per heavy atom. The van der Waals surface area contributed by atoms with Crippen LogP contribution in [0, 0.1) is 0 Å². The first-order chi connectivity index (χ1) is 14.2. The summed E-state index contributed by atoms with van der Waals surface area (Å²) in [6.07, 6.45) is 0. The molecule has 0 bridgehead atoms. The molecule has 3 rings (SSSR count). The smallest absolute Gasteiger partial charge is 0.219 e. The van der Waals surface area contributed by atoms with Gasteiger partial charge in [0.2, 0.25) is 5.91 Å². The van der Waals surface area contributed by atoms with Crippen LogP contribution in [0.4, 0.5) is 0 Å². The van der Waals surface area contributed by atoms with Gasteiger partial charge in [-0.25, -0.2) is 4.99 Å². The third-order valence-electron chi connectivity index (χ3n) is 4.92. The number of carbonyl (C=O) groups is 1. The number of hydrogen-bond acceptors (Lipinski definition) is 3. The highest BCUT2D eigenvalue weighted by Gasteiger charge is 2.20. The Kier molecular flexibility index (Phi) is 9.93. The van der Waals surface area contributed by atoms with Crippen LogP contribution in [-0.2, 0) is 17.9 Å². The standard InChI is InChI=1S/C23H30N4O2.HI/c1-3-24-23(27-14-12-26(13-15-27)19(2)28)25-17-21-10-7-11-22(16-21)29-18-20-8-5-4-6-9-20;/h4-11,16H,3,12-15,17-18H2,1-2H3,(H,24,25);1H. The average Bonchev–Trinajstić information content (AvgIpc) is 2.76. The van der Waals surface area contributed by atoms with Crippen LogP contribution in [0.1, 0.15) is 25.0 Å². The van der Waals surface area contributed by atoms with E-state index in [0.29, 0.717) is 13.2 Å². The molecule has 0 aliphatic carbocycles. The maximum atomic E-state index is 11.5. The lowest BCUT2D eigenvalue weighted by atomic mass is 10.2. The number of aliphatic imine (C=N–C) groups is 1. The number of hydrogen-bond donors (Lipinski definition) is 1. The van der Waals surface area contributed by atoms with Gasteiger partial charge in [-0.15, -0.1) is 24.0 Å². The van der Waals surface area contributed by atoms with E-state index in [0.717, 1.165) is 55.6 Å². The van der Waals surface area contributed by atoms with Gasteiger partial charge in [0.1, 0.15) is 12.4 Å².